The van der Waals surface area contributed by atoms with Gasteiger partial charge in [-0.15, -0.1) is 0 Å². The highest BCUT2D eigenvalue weighted by molar-refractivity contribution is 5.97. The molecule has 0 aliphatic carbocycles. The number of carbonyl (C=O) groups excluding carboxylic acids is 7. The highest BCUT2D eigenvalue weighted by atomic mass is 16.3. The predicted octanol–water partition coefficient (Wildman–Crippen LogP) is 2.09. The second-order valence-corrected chi connectivity index (χ2v) is 20.1. The molecule has 7 unspecified atom stereocenters. The van der Waals surface area contributed by atoms with Crippen molar-refractivity contribution in [2.45, 2.75) is 101 Å². The van der Waals surface area contributed by atoms with Gasteiger partial charge < -0.3 is 68.1 Å². The van der Waals surface area contributed by atoms with Gasteiger partial charge in [0, 0.05) is 74.0 Å². The van der Waals surface area contributed by atoms with E-state index in [-0.39, 0.29) is 62.4 Å². The van der Waals surface area contributed by atoms with Gasteiger partial charge in [0.15, 0.2) is 11.5 Å². The fraction of sp³-hybridized carbons (Fsp3) is 0.288. The molecule has 3 heterocycles. The first-order valence-electron chi connectivity index (χ1n) is 26.7. The number of aromatic nitrogens is 6. The number of imidazole rings is 3. The Kier molecular flexibility index (Phi) is 21.8. The van der Waals surface area contributed by atoms with Gasteiger partial charge in [0.05, 0.1) is 25.0 Å². The van der Waals surface area contributed by atoms with Crippen LogP contribution in [0.15, 0.2) is 153 Å². The summed E-state index contributed by atoms with van der Waals surface area (Å²) in [7, 11) is 0. The van der Waals surface area contributed by atoms with Crippen molar-refractivity contribution in [2.75, 3.05) is 0 Å². The Bertz CT molecular complexity index is 3200. The molecule has 7 aromatic rings. The summed E-state index contributed by atoms with van der Waals surface area (Å²) in [6.45, 7) is 3.68. The molecule has 23 nitrogen and oxygen atoms in total. The fourth-order valence-corrected chi connectivity index (χ4v) is 8.86. The van der Waals surface area contributed by atoms with Gasteiger partial charge in [-0.05, 0) is 59.2 Å². The van der Waals surface area contributed by atoms with E-state index < -0.39 is 83.6 Å². The molecular formula is C59H68N14O9. The Hall–Kier alpha value is -9.90. The number of phenolic OH excluding ortho intramolecular Hbond substituents is 2. The van der Waals surface area contributed by atoms with E-state index in [2.05, 4.69) is 67.1 Å². The number of hydrogen-bond acceptors (Lipinski definition) is 13. The minimum absolute atomic E-state index is 0.0416. The van der Waals surface area contributed by atoms with Crippen molar-refractivity contribution in [3.8, 4) is 11.5 Å². The summed E-state index contributed by atoms with van der Waals surface area (Å²) in [6, 6.07) is 22.4. The van der Waals surface area contributed by atoms with E-state index in [1.807, 2.05) is 50.2 Å². The lowest BCUT2D eigenvalue weighted by Crippen LogP contribution is -2.61. The first kappa shape index (κ1) is 59.8. The van der Waals surface area contributed by atoms with Crippen molar-refractivity contribution in [2.24, 2.45) is 11.7 Å². The maximum Gasteiger partial charge on any atom is 0.246 e. The molecule has 0 bridgehead atoms. The van der Waals surface area contributed by atoms with Crippen molar-refractivity contribution >= 4 is 47.4 Å². The van der Waals surface area contributed by atoms with Crippen LogP contribution < -0.4 is 43.0 Å². The van der Waals surface area contributed by atoms with Gasteiger partial charge in [0.1, 0.15) is 36.3 Å². The second kappa shape index (κ2) is 29.9. The smallest absolute Gasteiger partial charge is 0.246 e. The molecule has 7 amide bonds. The zero-order valence-corrected chi connectivity index (χ0v) is 45.3. The van der Waals surface area contributed by atoms with E-state index in [0.717, 1.165) is 11.1 Å². The summed E-state index contributed by atoms with van der Waals surface area (Å²) in [4.78, 5) is 121. The van der Waals surface area contributed by atoms with Crippen LogP contribution in [0.3, 0.4) is 0 Å². The van der Waals surface area contributed by atoms with Crippen molar-refractivity contribution < 1.29 is 43.8 Å². The number of nitrogens with one attached hydrogen (secondary N) is 10. The Morgan fingerprint density at radius 1 is 0.463 bits per heavy atom. The Balaban J connectivity index is 1.10. The van der Waals surface area contributed by atoms with Crippen LogP contribution in [0.25, 0.3) is 6.08 Å². The number of H-pyrrole nitrogens is 3. The first-order chi connectivity index (χ1) is 39.6. The second-order valence-electron chi connectivity index (χ2n) is 20.1. The van der Waals surface area contributed by atoms with Crippen LogP contribution in [-0.4, -0.2) is 124 Å². The lowest BCUT2D eigenvalue weighted by Gasteiger charge is -2.28. The van der Waals surface area contributed by atoms with E-state index >= 15 is 0 Å². The van der Waals surface area contributed by atoms with Crippen molar-refractivity contribution in [1.82, 2.24) is 67.1 Å². The summed E-state index contributed by atoms with van der Waals surface area (Å²) in [6.07, 6.45) is 11.5. The third kappa shape index (κ3) is 18.6. The molecule has 428 valence electrons. The molecule has 0 spiro atoms. The highest BCUT2D eigenvalue weighted by Gasteiger charge is 2.35. The fourth-order valence-electron chi connectivity index (χ4n) is 8.86. The number of amides is 7. The molecule has 0 saturated carbocycles. The quantitative estimate of drug-likeness (QED) is 0.0299. The minimum atomic E-state index is -1.38. The molecule has 0 saturated heterocycles. The Morgan fingerprint density at radius 3 is 1.22 bits per heavy atom. The average Bonchev–Trinajstić information content (AvgIpc) is 4.32. The molecule has 4 aromatic carbocycles. The number of nitrogens with two attached hydrogens (primary N) is 1. The van der Waals surface area contributed by atoms with Crippen LogP contribution in [0.1, 0.15) is 59.6 Å². The predicted molar refractivity (Wildman–Crippen MR) is 303 cm³/mol. The number of phenols is 2. The Morgan fingerprint density at radius 2 is 0.829 bits per heavy atom. The standard InChI is InChI=1S/C59H68N14O9/c1-36(2)22-45(69-58(81)49(28-42-31-62-34-66-42)73-56(79)46(24-38-14-8-4-9-15-38)68-53(76)44(60)23-37-12-6-3-7-13-37)55(78)72-50(29-43-32-63-35-67-43)59(82)70-47(25-39-16-10-5-11-17-39)57(80)71-48(27-41-30-61-33-65-41)54(77)64-21-20-40-18-19-51(74)52(75)26-40/h3-21,26,30-36,44-50,74-75H,22-25,27-29,60H2,1-2H3,(H,61,65)(H,62,66)(H,63,67)(H,64,77)(H,68,76)(H,69,81)(H,70,82)(H,71,80)(H,72,78)(H,73,79). The van der Waals surface area contributed by atoms with Crippen LogP contribution in [0.2, 0.25) is 0 Å². The minimum Gasteiger partial charge on any atom is -0.504 e. The molecule has 0 aliphatic rings. The molecule has 82 heavy (non-hydrogen) atoms. The molecular weight excluding hydrogens is 1050 g/mol. The van der Waals surface area contributed by atoms with Gasteiger partial charge in [-0.25, -0.2) is 15.0 Å². The van der Waals surface area contributed by atoms with Gasteiger partial charge in [-0.2, -0.15) is 0 Å². The van der Waals surface area contributed by atoms with E-state index in [1.54, 1.807) is 54.6 Å². The summed E-state index contributed by atoms with van der Waals surface area (Å²) in [5.41, 5.74) is 10.4. The third-order valence-corrected chi connectivity index (χ3v) is 13.1. The highest BCUT2D eigenvalue weighted by Crippen LogP contribution is 2.25. The van der Waals surface area contributed by atoms with Gasteiger partial charge in [-0.1, -0.05) is 111 Å². The summed E-state index contributed by atoms with van der Waals surface area (Å²) in [5.74, 6) is -5.84. The van der Waals surface area contributed by atoms with Crippen LogP contribution in [0.5, 0.6) is 11.5 Å². The summed E-state index contributed by atoms with van der Waals surface area (Å²) in [5, 5.41) is 39.1. The normalized spacial score (nSPS) is 13.8. The topological polar surface area (TPSA) is 356 Å². The Labute approximate surface area is 473 Å². The average molecular weight is 1120 g/mol. The number of hydrogen-bond donors (Lipinski definition) is 13. The third-order valence-electron chi connectivity index (χ3n) is 13.1. The zero-order chi connectivity index (χ0) is 58.4. The van der Waals surface area contributed by atoms with Gasteiger partial charge in [0.2, 0.25) is 41.4 Å². The van der Waals surface area contributed by atoms with Crippen molar-refractivity contribution in [1.29, 1.82) is 0 Å². The van der Waals surface area contributed by atoms with Crippen LogP contribution in [-0.2, 0) is 72.1 Å². The monoisotopic (exact) mass is 1120 g/mol. The summed E-state index contributed by atoms with van der Waals surface area (Å²) >= 11 is 0. The van der Waals surface area contributed by atoms with Gasteiger partial charge in [-0.3, -0.25) is 33.6 Å². The molecule has 7 rings (SSSR count). The summed E-state index contributed by atoms with van der Waals surface area (Å²) < 4.78 is 0. The molecule has 23 heteroatoms. The van der Waals surface area contributed by atoms with Crippen molar-refractivity contribution in [3.63, 3.8) is 0 Å². The van der Waals surface area contributed by atoms with E-state index in [9.17, 15) is 43.8 Å². The SMILES string of the molecule is CC(C)CC(NC(=O)C(Cc1cnc[nH]1)NC(=O)C(Cc1ccccc1)NC(=O)C(N)Cc1ccccc1)C(=O)NC(Cc1cnc[nH]1)C(=O)NC(Cc1ccccc1)C(=O)NC(Cc1cnc[nH]1)C(=O)NC=Cc1ccc(O)c(O)c1. The van der Waals surface area contributed by atoms with Crippen LogP contribution >= 0.6 is 0 Å². The lowest BCUT2D eigenvalue weighted by molar-refractivity contribution is -0.135. The zero-order valence-electron chi connectivity index (χ0n) is 45.3. The van der Waals surface area contributed by atoms with Gasteiger partial charge >= 0.3 is 0 Å². The molecule has 0 radical (unpaired) electrons. The first-order valence-corrected chi connectivity index (χ1v) is 26.7. The van der Waals surface area contributed by atoms with E-state index in [0.29, 0.717) is 28.2 Å². The van der Waals surface area contributed by atoms with Gasteiger partial charge in [0.25, 0.3) is 0 Å². The van der Waals surface area contributed by atoms with Crippen LogP contribution in [0.4, 0.5) is 0 Å². The molecule has 14 N–H and O–H groups in total. The maximum absolute atomic E-state index is 14.7. The molecule has 0 aliphatic heterocycles. The molecule has 0 fully saturated rings. The largest absolute Gasteiger partial charge is 0.504 e. The van der Waals surface area contributed by atoms with E-state index in [1.165, 1.54) is 68.0 Å². The maximum atomic E-state index is 14.7. The van der Waals surface area contributed by atoms with Crippen molar-refractivity contribution in [3.05, 3.63) is 192 Å². The number of carbonyl (C=O) groups is 7. The van der Waals surface area contributed by atoms with Crippen LogP contribution in [0, 0.1) is 5.92 Å². The number of aromatic hydroxyl groups is 2. The number of aromatic amines is 3. The lowest BCUT2D eigenvalue weighted by atomic mass is 10.00. The number of benzene rings is 4. The van der Waals surface area contributed by atoms with E-state index in [4.69, 9.17) is 5.73 Å². The number of nitrogens with zero attached hydrogens (tertiary/aromatic N) is 3. The molecule has 3 aromatic heterocycles. The number of rotatable bonds is 29. The molecule has 7 atom stereocenters.